The van der Waals surface area contributed by atoms with E-state index >= 15 is 0 Å². The maximum absolute atomic E-state index is 12.1. The standard InChI is InChI=1S/C12H17BrN2O2/c1-2-4-15-7-9(13)6-11(15)12(16)14-10-3-5-17-8-10/h6-7,10H,2-5,8H2,1H3,(H,14,16). The highest BCUT2D eigenvalue weighted by molar-refractivity contribution is 9.10. The van der Waals surface area contributed by atoms with Gasteiger partial charge in [-0.15, -0.1) is 0 Å². The zero-order chi connectivity index (χ0) is 12.3. The molecule has 5 heteroatoms. The highest BCUT2D eigenvalue weighted by Crippen LogP contribution is 2.16. The van der Waals surface area contributed by atoms with Crippen LogP contribution in [0.5, 0.6) is 0 Å². The number of nitrogens with zero attached hydrogens (tertiary/aromatic N) is 1. The Morgan fingerprint density at radius 1 is 1.71 bits per heavy atom. The quantitative estimate of drug-likeness (QED) is 0.926. The first-order chi connectivity index (χ1) is 8.20. The molecule has 1 aliphatic heterocycles. The molecule has 4 nitrogen and oxygen atoms in total. The van der Waals surface area contributed by atoms with Crippen LogP contribution in [0.4, 0.5) is 0 Å². The molecule has 0 radical (unpaired) electrons. The van der Waals surface area contributed by atoms with E-state index in [0.717, 1.165) is 30.5 Å². The molecule has 2 heterocycles. The summed E-state index contributed by atoms with van der Waals surface area (Å²) >= 11 is 3.41. The predicted molar refractivity (Wildman–Crippen MR) is 69.1 cm³/mol. The summed E-state index contributed by atoms with van der Waals surface area (Å²) in [6.45, 7) is 4.32. The summed E-state index contributed by atoms with van der Waals surface area (Å²) in [4.78, 5) is 12.1. The fraction of sp³-hybridized carbons (Fsp3) is 0.583. The molecule has 1 unspecified atom stereocenters. The van der Waals surface area contributed by atoms with Crippen LogP contribution >= 0.6 is 15.9 Å². The van der Waals surface area contributed by atoms with Gasteiger partial charge in [0.25, 0.3) is 5.91 Å². The topological polar surface area (TPSA) is 43.3 Å². The monoisotopic (exact) mass is 300 g/mol. The van der Waals surface area contributed by atoms with Crippen molar-refractivity contribution >= 4 is 21.8 Å². The molecule has 1 saturated heterocycles. The van der Waals surface area contributed by atoms with E-state index in [1.54, 1.807) is 0 Å². The van der Waals surface area contributed by atoms with E-state index in [2.05, 4.69) is 28.2 Å². The van der Waals surface area contributed by atoms with E-state index in [1.807, 2.05) is 16.8 Å². The van der Waals surface area contributed by atoms with Crippen LogP contribution in [-0.2, 0) is 11.3 Å². The summed E-state index contributed by atoms with van der Waals surface area (Å²) in [5, 5.41) is 3.00. The summed E-state index contributed by atoms with van der Waals surface area (Å²) < 4.78 is 8.17. The minimum absolute atomic E-state index is 0.0142. The Labute approximate surface area is 109 Å². The number of hydrogen-bond donors (Lipinski definition) is 1. The molecule has 0 bridgehead atoms. The summed E-state index contributed by atoms with van der Waals surface area (Å²) in [5.41, 5.74) is 0.714. The van der Waals surface area contributed by atoms with E-state index in [9.17, 15) is 4.79 Å². The number of hydrogen-bond acceptors (Lipinski definition) is 2. The largest absolute Gasteiger partial charge is 0.379 e. The van der Waals surface area contributed by atoms with Crippen LogP contribution in [-0.4, -0.2) is 29.7 Å². The number of carbonyl (C=O) groups is 1. The van der Waals surface area contributed by atoms with Gasteiger partial charge in [0, 0.05) is 23.8 Å². The Bertz CT molecular complexity index is 397. The second-order valence-corrected chi connectivity index (χ2v) is 5.19. The predicted octanol–water partition coefficient (Wildman–Crippen LogP) is 2.18. The van der Waals surface area contributed by atoms with Crippen LogP contribution in [0.3, 0.4) is 0 Å². The molecule has 1 amide bonds. The molecule has 0 aliphatic carbocycles. The average molecular weight is 301 g/mol. The molecule has 0 saturated carbocycles. The van der Waals surface area contributed by atoms with Crippen molar-refractivity contribution < 1.29 is 9.53 Å². The van der Waals surface area contributed by atoms with Crippen LogP contribution in [0.25, 0.3) is 0 Å². The number of aromatic nitrogens is 1. The van der Waals surface area contributed by atoms with Gasteiger partial charge in [-0.3, -0.25) is 4.79 Å². The number of halogens is 1. The average Bonchev–Trinajstić information content (AvgIpc) is 2.88. The molecular weight excluding hydrogens is 284 g/mol. The van der Waals surface area contributed by atoms with E-state index in [1.165, 1.54) is 0 Å². The van der Waals surface area contributed by atoms with Gasteiger partial charge < -0.3 is 14.6 Å². The molecule has 1 fully saturated rings. The van der Waals surface area contributed by atoms with Crippen molar-refractivity contribution in [1.82, 2.24) is 9.88 Å². The van der Waals surface area contributed by atoms with Crippen molar-refractivity contribution in [2.75, 3.05) is 13.2 Å². The summed E-state index contributed by atoms with van der Waals surface area (Å²) in [6.07, 6.45) is 3.86. The maximum atomic E-state index is 12.1. The summed E-state index contributed by atoms with van der Waals surface area (Å²) in [7, 11) is 0. The minimum atomic E-state index is -0.0142. The normalized spacial score (nSPS) is 19.5. The zero-order valence-corrected chi connectivity index (χ0v) is 11.5. The summed E-state index contributed by atoms with van der Waals surface area (Å²) in [5.74, 6) is -0.0142. The molecule has 1 aromatic rings. The lowest BCUT2D eigenvalue weighted by atomic mass is 10.2. The van der Waals surface area contributed by atoms with Crippen molar-refractivity contribution in [3.8, 4) is 0 Å². The van der Waals surface area contributed by atoms with E-state index in [-0.39, 0.29) is 11.9 Å². The van der Waals surface area contributed by atoms with Crippen LogP contribution in [0.1, 0.15) is 30.3 Å². The van der Waals surface area contributed by atoms with Crippen molar-refractivity contribution in [2.24, 2.45) is 0 Å². The van der Waals surface area contributed by atoms with Gasteiger partial charge in [0.05, 0.1) is 12.6 Å². The van der Waals surface area contributed by atoms with E-state index in [0.29, 0.717) is 12.3 Å². The van der Waals surface area contributed by atoms with Crippen molar-refractivity contribution in [3.63, 3.8) is 0 Å². The SMILES string of the molecule is CCCn1cc(Br)cc1C(=O)NC1CCOC1. The third-order valence-corrected chi connectivity index (χ3v) is 3.26. The van der Waals surface area contributed by atoms with Gasteiger partial charge in [-0.25, -0.2) is 0 Å². The summed E-state index contributed by atoms with van der Waals surface area (Å²) in [6, 6.07) is 2.02. The third kappa shape index (κ3) is 3.10. The van der Waals surface area contributed by atoms with Gasteiger partial charge in [0.1, 0.15) is 5.69 Å². The van der Waals surface area contributed by atoms with Crippen molar-refractivity contribution in [3.05, 3.63) is 22.4 Å². The fourth-order valence-electron chi connectivity index (χ4n) is 2.00. The molecule has 0 aromatic carbocycles. The Kier molecular flexibility index (Phi) is 4.23. The smallest absolute Gasteiger partial charge is 0.268 e. The van der Waals surface area contributed by atoms with Gasteiger partial charge >= 0.3 is 0 Å². The molecule has 17 heavy (non-hydrogen) atoms. The number of carbonyl (C=O) groups excluding carboxylic acids is 1. The number of ether oxygens (including phenoxy) is 1. The van der Waals surface area contributed by atoms with Crippen molar-refractivity contribution in [2.45, 2.75) is 32.4 Å². The Morgan fingerprint density at radius 3 is 3.18 bits per heavy atom. The number of aryl methyl sites for hydroxylation is 1. The lowest BCUT2D eigenvalue weighted by Gasteiger charge is -2.12. The van der Waals surface area contributed by atoms with Gasteiger partial charge in [-0.1, -0.05) is 6.92 Å². The minimum Gasteiger partial charge on any atom is -0.379 e. The third-order valence-electron chi connectivity index (χ3n) is 2.83. The molecular formula is C12H17BrN2O2. The maximum Gasteiger partial charge on any atom is 0.268 e. The second-order valence-electron chi connectivity index (χ2n) is 4.27. The molecule has 1 aliphatic rings. The number of nitrogens with one attached hydrogen (secondary N) is 1. The van der Waals surface area contributed by atoms with Gasteiger partial charge in [0.15, 0.2) is 0 Å². The Balaban J connectivity index is 2.06. The van der Waals surface area contributed by atoms with Crippen LogP contribution in [0.2, 0.25) is 0 Å². The molecule has 1 N–H and O–H groups in total. The first-order valence-electron chi connectivity index (χ1n) is 5.95. The zero-order valence-electron chi connectivity index (χ0n) is 9.91. The highest BCUT2D eigenvalue weighted by Gasteiger charge is 2.20. The first-order valence-corrected chi connectivity index (χ1v) is 6.74. The highest BCUT2D eigenvalue weighted by atomic mass is 79.9. The fourth-order valence-corrected chi connectivity index (χ4v) is 2.46. The second kappa shape index (κ2) is 5.69. The van der Waals surface area contributed by atoms with Gasteiger partial charge in [-0.2, -0.15) is 0 Å². The van der Waals surface area contributed by atoms with E-state index in [4.69, 9.17) is 4.74 Å². The molecule has 1 atom stereocenters. The molecule has 94 valence electrons. The lowest BCUT2D eigenvalue weighted by Crippen LogP contribution is -2.36. The van der Waals surface area contributed by atoms with E-state index < -0.39 is 0 Å². The van der Waals surface area contributed by atoms with Crippen molar-refractivity contribution in [1.29, 1.82) is 0 Å². The molecule has 1 aromatic heterocycles. The van der Waals surface area contributed by atoms with Crippen LogP contribution < -0.4 is 5.32 Å². The van der Waals surface area contributed by atoms with Gasteiger partial charge in [0.2, 0.25) is 0 Å². The van der Waals surface area contributed by atoms with Crippen LogP contribution in [0.15, 0.2) is 16.7 Å². The lowest BCUT2D eigenvalue weighted by molar-refractivity contribution is 0.0920. The first kappa shape index (κ1) is 12.6. The van der Waals surface area contributed by atoms with Crippen LogP contribution in [0, 0.1) is 0 Å². The number of amides is 1. The van der Waals surface area contributed by atoms with Gasteiger partial charge in [-0.05, 0) is 34.8 Å². The molecule has 2 rings (SSSR count). The number of rotatable bonds is 4. The Morgan fingerprint density at radius 2 is 2.53 bits per heavy atom. The molecule has 0 spiro atoms. The Hall–Kier alpha value is -0.810.